The van der Waals surface area contributed by atoms with Crippen LogP contribution in [0.25, 0.3) is 45.4 Å². The minimum Gasteiger partial charge on any atom is -0.296 e. The zero-order valence-corrected chi connectivity index (χ0v) is 18.1. The van der Waals surface area contributed by atoms with E-state index in [2.05, 4.69) is 92.7 Å². The van der Waals surface area contributed by atoms with Crippen molar-refractivity contribution >= 4 is 23.1 Å². The molecule has 0 amide bonds. The summed E-state index contributed by atoms with van der Waals surface area (Å²) in [6.07, 6.45) is 4.38. The van der Waals surface area contributed by atoms with Crippen LogP contribution in [0.4, 0.5) is 0 Å². The zero-order chi connectivity index (χ0) is 18.2. The van der Waals surface area contributed by atoms with Gasteiger partial charge in [0.2, 0.25) is 0 Å². The second-order valence-electron chi connectivity index (χ2n) is 7.98. The molecule has 0 fully saturated rings. The molecule has 6 rings (SSSR count). The SMILES string of the molecule is CC1(C)c2ccccc2-c2c(-c3cc4c5c(cccc5n3)C=C4)[c-]ccc21.[Ir]. The van der Waals surface area contributed by atoms with Gasteiger partial charge >= 0.3 is 0 Å². The van der Waals surface area contributed by atoms with Crippen LogP contribution in [0.1, 0.15) is 36.1 Å². The molecule has 4 aromatic rings. The molecule has 0 atom stereocenters. The van der Waals surface area contributed by atoms with Crippen molar-refractivity contribution in [3.05, 3.63) is 89.0 Å². The predicted octanol–water partition coefficient (Wildman–Crippen LogP) is 6.49. The van der Waals surface area contributed by atoms with Crippen LogP contribution in [-0.2, 0) is 25.5 Å². The number of hydrogen-bond donors (Lipinski definition) is 0. The molecular weight excluding hydrogens is 519 g/mol. The Morgan fingerprint density at radius 2 is 1.68 bits per heavy atom. The normalized spacial score (nSPS) is 14.6. The van der Waals surface area contributed by atoms with Crippen molar-refractivity contribution < 1.29 is 20.1 Å². The fourth-order valence-electron chi connectivity index (χ4n) is 4.82. The Labute approximate surface area is 178 Å². The summed E-state index contributed by atoms with van der Waals surface area (Å²) in [5.74, 6) is 0. The van der Waals surface area contributed by atoms with Crippen molar-refractivity contribution in [3.63, 3.8) is 0 Å². The van der Waals surface area contributed by atoms with E-state index in [-0.39, 0.29) is 25.5 Å². The Morgan fingerprint density at radius 1 is 0.857 bits per heavy atom. The summed E-state index contributed by atoms with van der Waals surface area (Å²) in [5, 5.41) is 1.26. The van der Waals surface area contributed by atoms with Gasteiger partial charge in [-0.3, -0.25) is 4.98 Å². The summed E-state index contributed by atoms with van der Waals surface area (Å²) in [6.45, 7) is 4.62. The predicted molar refractivity (Wildman–Crippen MR) is 113 cm³/mol. The van der Waals surface area contributed by atoms with Crippen molar-refractivity contribution in [1.82, 2.24) is 4.98 Å². The first-order chi connectivity index (χ1) is 13.1. The van der Waals surface area contributed by atoms with Crippen LogP contribution >= 0.6 is 0 Å². The smallest absolute Gasteiger partial charge is 0.0607 e. The van der Waals surface area contributed by atoms with Crippen LogP contribution in [0.3, 0.4) is 0 Å². The maximum atomic E-state index is 5.03. The average molecular weight is 537 g/mol. The molecule has 1 radical (unpaired) electrons. The Balaban J connectivity index is 0.00000171. The topological polar surface area (TPSA) is 12.9 Å². The summed E-state index contributed by atoms with van der Waals surface area (Å²) in [5.41, 5.74) is 11.0. The van der Waals surface area contributed by atoms with Gasteiger partial charge in [-0.25, -0.2) is 0 Å². The van der Waals surface area contributed by atoms with E-state index in [1.165, 1.54) is 38.8 Å². The molecular formula is C26H18IrN-. The Hall–Kier alpha value is -2.54. The molecule has 2 aliphatic carbocycles. The van der Waals surface area contributed by atoms with Crippen molar-refractivity contribution in [2.45, 2.75) is 19.3 Å². The molecule has 2 aliphatic rings. The molecule has 0 N–H and O–H groups in total. The number of nitrogens with zero attached hydrogens (tertiary/aromatic N) is 1. The van der Waals surface area contributed by atoms with E-state index in [0.29, 0.717) is 0 Å². The Bertz CT molecular complexity index is 1300. The minimum absolute atomic E-state index is 0. The first-order valence-corrected chi connectivity index (χ1v) is 9.42. The molecule has 1 heterocycles. The molecule has 1 nitrogen and oxygen atoms in total. The molecule has 0 spiro atoms. The van der Waals surface area contributed by atoms with Gasteiger partial charge in [0, 0.05) is 25.5 Å². The molecule has 137 valence electrons. The van der Waals surface area contributed by atoms with Gasteiger partial charge in [0.15, 0.2) is 0 Å². The van der Waals surface area contributed by atoms with Gasteiger partial charge in [-0.1, -0.05) is 79.6 Å². The molecule has 0 unspecified atom stereocenters. The average Bonchev–Trinajstić information content (AvgIpc) is 3.21. The molecule has 1 aromatic heterocycles. The maximum absolute atomic E-state index is 5.03. The third kappa shape index (κ3) is 2.19. The number of hydrogen-bond acceptors (Lipinski definition) is 1. The largest absolute Gasteiger partial charge is 0.296 e. The molecule has 2 heteroatoms. The third-order valence-corrected chi connectivity index (χ3v) is 6.14. The van der Waals surface area contributed by atoms with Gasteiger partial charge in [0.1, 0.15) is 0 Å². The number of pyridine rings is 1. The molecule has 0 saturated heterocycles. The summed E-state index contributed by atoms with van der Waals surface area (Å²) in [4.78, 5) is 5.03. The Morgan fingerprint density at radius 3 is 2.57 bits per heavy atom. The number of rotatable bonds is 1. The van der Waals surface area contributed by atoms with Gasteiger partial charge in [0.25, 0.3) is 0 Å². The molecule has 3 aromatic carbocycles. The number of benzene rings is 3. The van der Waals surface area contributed by atoms with Crippen LogP contribution in [-0.4, -0.2) is 4.98 Å². The van der Waals surface area contributed by atoms with Crippen LogP contribution in [0.2, 0.25) is 0 Å². The second kappa shape index (κ2) is 5.98. The molecule has 28 heavy (non-hydrogen) atoms. The standard InChI is InChI=1S/C26H18N.Ir/c1-26(2)20-10-4-3-8-18(20)25-19(9-6-11-21(25)26)23-15-17-14-13-16-7-5-12-22(27-23)24(16)17;/h3-8,10-15H,1-2H3;/q-1;. The van der Waals surface area contributed by atoms with Gasteiger partial charge in [0.05, 0.1) is 5.52 Å². The molecule has 0 saturated carbocycles. The zero-order valence-electron chi connectivity index (χ0n) is 15.7. The van der Waals surface area contributed by atoms with Crippen LogP contribution in [0.15, 0.2) is 60.7 Å². The van der Waals surface area contributed by atoms with Crippen LogP contribution in [0.5, 0.6) is 0 Å². The summed E-state index contributed by atoms with van der Waals surface area (Å²) >= 11 is 0. The minimum atomic E-state index is -0.00349. The summed E-state index contributed by atoms with van der Waals surface area (Å²) in [7, 11) is 0. The number of aromatic nitrogens is 1. The van der Waals surface area contributed by atoms with Crippen LogP contribution in [0, 0.1) is 6.07 Å². The maximum Gasteiger partial charge on any atom is 0.0607 e. The molecule has 0 bridgehead atoms. The summed E-state index contributed by atoms with van der Waals surface area (Å²) < 4.78 is 0. The fraction of sp³-hybridized carbons (Fsp3) is 0.115. The van der Waals surface area contributed by atoms with Crippen LogP contribution < -0.4 is 0 Å². The Kier molecular flexibility index (Phi) is 3.75. The quantitative estimate of drug-likeness (QED) is 0.223. The van der Waals surface area contributed by atoms with E-state index in [4.69, 9.17) is 4.98 Å². The van der Waals surface area contributed by atoms with E-state index in [0.717, 1.165) is 16.8 Å². The van der Waals surface area contributed by atoms with Crippen molar-refractivity contribution in [1.29, 1.82) is 0 Å². The van der Waals surface area contributed by atoms with Gasteiger partial charge < -0.3 is 0 Å². The van der Waals surface area contributed by atoms with E-state index < -0.39 is 0 Å². The van der Waals surface area contributed by atoms with Crippen molar-refractivity contribution in [2.24, 2.45) is 0 Å². The van der Waals surface area contributed by atoms with Gasteiger partial charge in [-0.2, -0.15) is 0 Å². The van der Waals surface area contributed by atoms with Crippen molar-refractivity contribution in [3.8, 4) is 22.4 Å². The van der Waals surface area contributed by atoms with E-state index in [1.807, 2.05) is 0 Å². The first kappa shape index (κ1) is 17.6. The fourth-order valence-corrected chi connectivity index (χ4v) is 4.82. The van der Waals surface area contributed by atoms with E-state index in [9.17, 15) is 0 Å². The van der Waals surface area contributed by atoms with E-state index >= 15 is 0 Å². The van der Waals surface area contributed by atoms with E-state index in [1.54, 1.807) is 0 Å². The molecule has 0 aliphatic heterocycles. The third-order valence-electron chi connectivity index (χ3n) is 6.14. The first-order valence-electron chi connectivity index (χ1n) is 9.42. The number of fused-ring (bicyclic) bond motifs is 3. The monoisotopic (exact) mass is 537 g/mol. The summed E-state index contributed by atoms with van der Waals surface area (Å²) in [6, 6.07) is 25.1. The van der Waals surface area contributed by atoms with Gasteiger partial charge in [-0.15, -0.1) is 29.3 Å². The second-order valence-corrected chi connectivity index (χ2v) is 7.98. The van der Waals surface area contributed by atoms with Gasteiger partial charge in [-0.05, 0) is 33.9 Å². The van der Waals surface area contributed by atoms with Crippen molar-refractivity contribution in [2.75, 3.05) is 0 Å².